The SMILES string of the molecule is CCCC1C(O)CCCN1n1cnc2ccccc21. The van der Waals surface area contributed by atoms with E-state index in [2.05, 4.69) is 27.7 Å². The van der Waals surface area contributed by atoms with Crippen molar-refractivity contribution in [1.82, 2.24) is 9.66 Å². The third-order valence-corrected chi connectivity index (χ3v) is 4.01. The summed E-state index contributed by atoms with van der Waals surface area (Å²) in [6.07, 6.45) is 5.71. The van der Waals surface area contributed by atoms with Crippen LogP contribution in [0, 0.1) is 0 Å². The number of hydrogen-bond acceptors (Lipinski definition) is 3. The average Bonchev–Trinajstić information content (AvgIpc) is 2.85. The fraction of sp³-hybridized carbons (Fsp3) is 0.533. The molecule has 4 heteroatoms. The minimum atomic E-state index is -0.227. The van der Waals surface area contributed by atoms with Gasteiger partial charge < -0.3 is 10.1 Å². The summed E-state index contributed by atoms with van der Waals surface area (Å²) in [7, 11) is 0. The third kappa shape index (κ3) is 2.21. The Kier molecular flexibility index (Phi) is 3.42. The number of imidazole rings is 1. The molecule has 0 amide bonds. The Morgan fingerprint density at radius 2 is 2.21 bits per heavy atom. The minimum Gasteiger partial charge on any atom is -0.391 e. The van der Waals surface area contributed by atoms with Crippen molar-refractivity contribution in [2.75, 3.05) is 11.6 Å². The molecule has 2 atom stereocenters. The molecule has 1 aliphatic rings. The Balaban J connectivity index is 1.98. The van der Waals surface area contributed by atoms with E-state index < -0.39 is 0 Å². The molecular weight excluding hydrogens is 238 g/mol. The molecule has 0 spiro atoms. The molecule has 1 saturated heterocycles. The lowest BCUT2D eigenvalue weighted by Crippen LogP contribution is -2.53. The molecule has 102 valence electrons. The summed E-state index contributed by atoms with van der Waals surface area (Å²) in [5, 5.41) is 12.6. The van der Waals surface area contributed by atoms with Crippen molar-refractivity contribution in [3.8, 4) is 0 Å². The fourth-order valence-corrected chi connectivity index (χ4v) is 3.07. The van der Waals surface area contributed by atoms with Gasteiger partial charge in [0.05, 0.1) is 23.2 Å². The highest BCUT2D eigenvalue weighted by molar-refractivity contribution is 5.75. The largest absolute Gasteiger partial charge is 0.391 e. The van der Waals surface area contributed by atoms with Crippen LogP contribution in [0.4, 0.5) is 0 Å². The summed E-state index contributed by atoms with van der Waals surface area (Å²) in [5.41, 5.74) is 2.13. The monoisotopic (exact) mass is 259 g/mol. The highest BCUT2D eigenvalue weighted by atomic mass is 16.3. The molecule has 1 aromatic heterocycles. The topological polar surface area (TPSA) is 41.3 Å². The smallest absolute Gasteiger partial charge is 0.116 e. The lowest BCUT2D eigenvalue weighted by Gasteiger charge is -2.41. The number of nitrogens with zero attached hydrogens (tertiary/aromatic N) is 3. The Labute approximate surface area is 113 Å². The van der Waals surface area contributed by atoms with E-state index in [1.54, 1.807) is 0 Å². The zero-order valence-electron chi connectivity index (χ0n) is 11.4. The van der Waals surface area contributed by atoms with Gasteiger partial charge >= 0.3 is 0 Å². The maximum atomic E-state index is 10.3. The molecule has 2 unspecified atom stereocenters. The average molecular weight is 259 g/mol. The van der Waals surface area contributed by atoms with Gasteiger partial charge in [-0.2, -0.15) is 0 Å². The highest BCUT2D eigenvalue weighted by Crippen LogP contribution is 2.23. The Hall–Kier alpha value is -1.55. The van der Waals surface area contributed by atoms with E-state index in [1.807, 2.05) is 24.5 Å². The lowest BCUT2D eigenvalue weighted by atomic mass is 9.97. The van der Waals surface area contributed by atoms with Gasteiger partial charge in [0.25, 0.3) is 0 Å². The van der Waals surface area contributed by atoms with Crippen molar-refractivity contribution in [2.45, 2.75) is 44.8 Å². The fourth-order valence-electron chi connectivity index (χ4n) is 3.07. The predicted molar refractivity (Wildman–Crippen MR) is 76.8 cm³/mol. The molecule has 2 heterocycles. The number of aliphatic hydroxyl groups excluding tert-OH is 1. The van der Waals surface area contributed by atoms with Crippen molar-refractivity contribution >= 4 is 11.0 Å². The van der Waals surface area contributed by atoms with E-state index in [9.17, 15) is 5.11 Å². The molecule has 1 N–H and O–H groups in total. The Bertz CT molecular complexity index is 551. The van der Waals surface area contributed by atoms with E-state index >= 15 is 0 Å². The number of piperidine rings is 1. The Morgan fingerprint density at radius 3 is 3.05 bits per heavy atom. The second-order valence-corrected chi connectivity index (χ2v) is 5.31. The van der Waals surface area contributed by atoms with Crippen LogP contribution in [0.2, 0.25) is 0 Å². The van der Waals surface area contributed by atoms with Crippen molar-refractivity contribution in [2.24, 2.45) is 0 Å². The van der Waals surface area contributed by atoms with Crippen LogP contribution in [0.15, 0.2) is 30.6 Å². The molecule has 0 radical (unpaired) electrons. The maximum absolute atomic E-state index is 10.3. The molecule has 4 nitrogen and oxygen atoms in total. The summed E-state index contributed by atoms with van der Waals surface area (Å²) >= 11 is 0. The van der Waals surface area contributed by atoms with E-state index in [0.29, 0.717) is 0 Å². The highest BCUT2D eigenvalue weighted by Gasteiger charge is 2.30. The molecule has 1 fully saturated rings. The molecule has 2 aromatic rings. The molecule has 1 aliphatic heterocycles. The summed E-state index contributed by atoms with van der Waals surface area (Å²) in [4.78, 5) is 4.45. The predicted octanol–water partition coefficient (Wildman–Crippen LogP) is 2.30. The molecular formula is C15H21N3O. The molecule has 19 heavy (non-hydrogen) atoms. The first kappa shape index (κ1) is 12.5. The van der Waals surface area contributed by atoms with Crippen molar-refractivity contribution < 1.29 is 5.11 Å². The van der Waals surface area contributed by atoms with E-state index in [1.165, 1.54) is 0 Å². The van der Waals surface area contributed by atoms with Gasteiger partial charge in [0.2, 0.25) is 0 Å². The zero-order valence-corrected chi connectivity index (χ0v) is 11.4. The number of para-hydroxylation sites is 2. The van der Waals surface area contributed by atoms with Gasteiger partial charge in [-0.1, -0.05) is 25.5 Å². The van der Waals surface area contributed by atoms with E-state index in [-0.39, 0.29) is 12.1 Å². The molecule has 0 bridgehead atoms. The summed E-state index contributed by atoms with van der Waals surface area (Å²) < 4.78 is 2.12. The van der Waals surface area contributed by atoms with Crippen LogP contribution in [0.25, 0.3) is 11.0 Å². The molecule has 0 aliphatic carbocycles. The number of aliphatic hydroxyl groups is 1. The van der Waals surface area contributed by atoms with Gasteiger partial charge in [-0.25, -0.2) is 9.66 Å². The van der Waals surface area contributed by atoms with Gasteiger partial charge in [0.15, 0.2) is 0 Å². The summed E-state index contributed by atoms with van der Waals surface area (Å²) in [5.74, 6) is 0. The van der Waals surface area contributed by atoms with Gasteiger partial charge in [-0.05, 0) is 31.4 Å². The van der Waals surface area contributed by atoms with Crippen LogP contribution in [0.1, 0.15) is 32.6 Å². The zero-order chi connectivity index (χ0) is 13.2. The normalized spacial score (nSPS) is 24.0. The van der Waals surface area contributed by atoms with Gasteiger partial charge in [-0.3, -0.25) is 0 Å². The number of fused-ring (bicyclic) bond motifs is 1. The van der Waals surface area contributed by atoms with Crippen molar-refractivity contribution in [1.29, 1.82) is 0 Å². The number of rotatable bonds is 3. The third-order valence-electron chi connectivity index (χ3n) is 4.01. The van der Waals surface area contributed by atoms with Gasteiger partial charge in [0, 0.05) is 6.54 Å². The van der Waals surface area contributed by atoms with Gasteiger partial charge in [-0.15, -0.1) is 0 Å². The lowest BCUT2D eigenvalue weighted by molar-refractivity contribution is 0.0956. The van der Waals surface area contributed by atoms with Crippen LogP contribution >= 0.6 is 0 Å². The van der Waals surface area contributed by atoms with E-state index in [0.717, 1.165) is 43.3 Å². The second-order valence-electron chi connectivity index (χ2n) is 5.31. The molecule has 0 saturated carbocycles. The number of aromatic nitrogens is 2. The van der Waals surface area contributed by atoms with Crippen molar-refractivity contribution in [3.63, 3.8) is 0 Å². The quantitative estimate of drug-likeness (QED) is 0.919. The minimum absolute atomic E-state index is 0.205. The van der Waals surface area contributed by atoms with Gasteiger partial charge in [0.1, 0.15) is 6.33 Å². The van der Waals surface area contributed by atoms with Crippen LogP contribution in [-0.2, 0) is 0 Å². The first-order valence-electron chi connectivity index (χ1n) is 7.18. The van der Waals surface area contributed by atoms with Crippen LogP contribution < -0.4 is 5.01 Å². The Morgan fingerprint density at radius 1 is 1.37 bits per heavy atom. The molecule has 3 rings (SSSR count). The van der Waals surface area contributed by atoms with Crippen molar-refractivity contribution in [3.05, 3.63) is 30.6 Å². The molecule has 1 aromatic carbocycles. The van der Waals surface area contributed by atoms with Crippen LogP contribution in [0.5, 0.6) is 0 Å². The second kappa shape index (κ2) is 5.21. The first-order chi connectivity index (χ1) is 9.31. The summed E-state index contributed by atoms with van der Waals surface area (Å²) in [6, 6.07) is 8.37. The standard InChI is InChI=1S/C15H21N3O/c1-2-6-14-15(19)9-5-10-17(14)18-11-16-12-7-3-4-8-13(12)18/h3-4,7-8,11,14-15,19H,2,5-6,9-10H2,1H3. The van der Waals surface area contributed by atoms with E-state index in [4.69, 9.17) is 0 Å². The number of benzene rings is 1. The first-order valence-corrected chi connectivity index (χ1v) is 7.18. The summed E-state index contributed by atoms with van der Waals surface area (Å²) in [6.45, 7) is 3.16. The van der Waals surface area contributed by atoms with Crippen LogP contribution in [-0.4, -0.2) is 33.5 Å². The maximum Gasteiger partial charge on any atom is 0.116 e. The number of hydrogen-bond donors (Lipinski definition) is 1. The van der Waals surface area contributed by atoms with Crippen LogP contribution in [0.3, 0.4) is 0 Å².